The minimum Gasteiger partial charge on any atom is -0.0830 e. The van der Waals surface area contributed by atoms with Gasteiger partial charge < -0.3 is 0 Å². The van der Waals surface area contributed by atoms with Gasteiger partial charge in [-0.25, -0.2) is 0 Å². The first-order valence-electron chi connectivity index (χ1n) is 6.14. The van der Waals surface area contributed by atoms with Crippen molar-refractivity contribution in [3.63, 3.8) is 0 Å². The summed E-state index contributed by atoms with van der Waals surface area (Å²) in [6.07, 6.45) is 15.3. The third kappa shape index (κ3) is 0.996. The molecule has 0 bridgehead atoms. The molecule has 0 fully saturated rings. The highest BCUT2D eigenvalue weighted by atomic mass is 14.3. The Kier molecular flexibility index (Phi) is 1.59. The van der Waals surface area contributed by atoms with Gasteiger partial charge >= 0.3 is 0 Å². The standard InChI is InChI=1S/C16H14/c1-3-11-7-9-13-5-2-6-14-10-8-12(4-1)15(11)16(13)14/h1,3,6-10,12H,2,4-5H2. The van der Waals surface area contributed by atoms with Gasteiger partial charge in [-0.05, 0) is 47.1 Å². The summed E-state index contributed by atoms with van der Waals surface area (Å²) < 4.78 is 0. The van der Waals surface area contributed by atoms with E-state index in [1.165, 1.54) is 30.4 Å². The van der Waals surface area contributed by atoms with E-state index in [1.54, 1.807) is 16.7 Å². The first kappa shape index (κ1) is 8.58. The Hall–Kier alpha value is -1.56. The molecule has 0 spiro atoms. The van der Waals surface area contributed by atoms with Gasteiger partial charge in [0, 0.05) is 5.92 Å². The SMILES string of the molecule is C1=Cc2ccc3c4c2C(C=CC4=CCC3)C1. The third-order valence-electron chi connectivity index (χ3n) is 4.00. The predicted octanol–water partition coefficient (Wildman–Crippen LogP) is 4.09. The Morgan fingerprint density at radius 3 is 3.12 bits per heavy atom. The van der Waals surface area contributed by atoms with E-state index < -0.39 is 0 Å². The van der Waals surface area contributed by atoms with Gasteiger partial charge in [-0.15, -0.1) is 0 Å². The maximum absolute atomic E-state index is 2.40. The molecule has 0 aromatic heterocycles. The van der Waals surface area contributed by atoms with Crippen molar-refractivity contribution < 1.29 is 0 Å². The van der Waals surface area contributed by atoms with Crippen LogP contribution in [0.4, 0.5) is 0 Å². The average molecular weight is 206 g/mol. The predicted molar refractivity (Wildman–Crippen MR) is 68.3 cm³/mol. The molecule has 0 heteroatoms. The highest BCUT2D eigenvalue weighted by Gasteiger charge is 2.26. The molecular weight excluding hydrogens is 192 g/mol. The zero-order chi connectivity index (χ0) is 10.5. The molecule has 0 heterocycles. The average Bonchev–Trinajstić information content (AvgIpc) is 2.36. The molecule has 3 aliphatic carbocycles. The van der Waals surface area contributed by atoms with Gasteiger partial charge in [-0.1, -0.05) is 42.5 Å². The molecule has 78 valence electrons. The molecule has 0 saturated heterocycles. The van der Waals surface area contributed by atoms with Crippen LogP contribution in [0.2, 0.25) is 0 Å². The first-order valence-corrected chi connectivity index (χ1v) is 6.14. The summed E-state index contributed by atoms with van der Waals surface area (Å²) in [6.45, 7) is 0. The van der Waals surface area contributed by atoms with E-state index in [-0.39, 0.29) is 0 Å². The van der Waals surface area contributed by atoms with Crippen LogP contribution in [0, 0.1) is 0 Å². The molecule has 0 N–H and O–H groups in total. The number of allylic oxidation sites excluding steroid dienone is 5. The van der Waals surface area contributed by atoms with Crippen LogP contribution < -0.4 is 0 Å². The van der Waals surface area contributed by atoms with Gasteiger partial charge in [-0.2, -0.15) is 0 Å². The quantitative estimate of drug-likeness (QED) is 0.600. The lowest BCUT2D eigenvalue weighted by Crippen LogP contribution is -2.13. The van der Waals surface area contributed by atoms with Crippen molar-refractivity contribution in [3.8, 4) is 0 Å². The molecule has 0 radical (unpaired) electrons. The van der Waals surface area contributed by atoms with Crippen molar-refractivity contribution in [2.24, 2.45) is 0 Å². The van der Waals surface area contributed by atoms with Crippen molar-refractivity contribution >= 4 is 11.6 Å². The number of rotatable bonds is 0. The summed E-state index contributed by atoms with van der Waals surface area (Å²) in [6, 6.07) is 4.63. The molecular formula is C16H14. The Morgan fingerprint density at radius 1 is 1.12 bits per heavy atom. The number of benzene rings is 1. The van der Waals surface area contributed by atoms with Gasteiger partial charge in [0.2, 0.25) is 0 Å². The zero-order valence-corrected chi connectivity index (χ0v) is 9.24. The Bertz CT molecular complexity index is 556. The molecule has 0 amide bonds. The van der Waals surface area contributed by atoms with Crippen molar-refractivity contribution in [3.05, 3.63) is 58.7 Å². The topological polar surface area (TPSA) is 0 Å². The monoisotopic (exact) mass is 206 g/mol. The van der Waals surface area contributed by atoms with E-state index in [0.717, 1.165) is 0 Å². The van der Waals surface area contributed by atoms with Gasteiger partial charge in [-0.3, -0.25) is 0 Å². The maximum Gasteiger partial charge on any atom is 0.00681 e. The lowest BCUT2D eigenvalue weighted by molar-refractivity contribution is 0.828. The zero-order valence-electron chi connectivity index (χ0n) is 9.24. The van der Waals surface area contributed by atoms with E-state index in [9.17, 15) is 0 Å². The first-order chi connectivity index (χ1) is 7.93. The summed E-state index contributed by atoms with van der Waals surface area (Å²) in [4.78, 5) is 0. The van der Waals surface area contributed by atoms with Gasteiger partial charge in [0.25, 0.3) is 0 Å². The van der Waals surface area contributed by atoms with E-state index in [4.69, 9.17) is 0 Å². The van der Waals surface area contributed by atoms with Crippen molar-refractivity contribution in [1.29, 1.82) is 0 Å². The largest absolute Gasteiger partial charge is 0.0830 e. The normalized spacial score (nSPS) is 24.0. The number of hydrogen-bond acceptors (Lipinski definition) is 0. The van der Waals surface area contributed by atoms with Crippen LogP contribution in [0.25, 0.3) is 11.6 Å². The van der Waals surface area contributed by atoms with Gasteiger partial charge in [0.15, 0.2) is 0 Å². The lowest BCUT2D eigenvalue weighted by Gasteiger charge is -2.30. The summed E-state index contributed by atoms with van der Waals surface area (Å²) in [5.74, 6) is 0.630. The highest BCUT2D eigenvalue weighted by Crippen LogP contribution is 2.44. The lowest BCUT2D eigenvalue weighted by atomic mass is 9.74. The van der Waals surface area contributed by atoms with E-state index >= 15 is 0 Å². The summed E-state index contributed by atoms with van der Waals surface area (Å²) >= 11 is 0. The van der Waals surface area contributed by atoms with Crippen LogP contribution in [0.1, 0.15) is 41.0 Å². The smallest absolute Gasteiger partial charge is 0.00681 e. The second-order valence-corrected chi connectivity index (χ2v) is 4.90. The fourth-order valence-electron chi connectivity index (χ4n) is 3.27. The van der Waals surface area contributed by atoms with Crippen LogP contribution in [0.15, 0.2) is 36.4 Å². The maximum atomic E-state index is 2.40. The summed E-state index contributed by atoms with van der Waals surface area (Å²) in [5, 5.41) is 0. The minimum atomic E-state index is 0.630. The van der Waals surface area contributed by atoms with Crippen molar-refractivity contribution in [1.82, 2.24) is 0 Å². The molecule has 3 aliphatic rings. The number of hydrogen-bond donors (Lipinski definition) is 0. The summed E-state index contributed by atoms with van der Waals surface area (Å²) in [5.41, 5.74) is 7.60. The van der Waals surface area contributed by atoms with E-state index in [0.29, 0.717) is 5.92 Å². The third-order valence-corrected chi connectivity index (χ3v) is 4.00. The van der Waals surface area contributed by atoms with Crippen LogP contribution in [-0.2, 0) is 6.42 Å². The van der Waals surface area contributed by atoms with E-state index in [1.807, 2.05) is 0 Å². The molecule has 0 nitrogen and oxygen atoms in total. The minimum absolute atomic E-state index is 0.630. The highest BCUT2D eigenvalue weighted by molar-refractivity contribution is 5.85. The fourth-order valence-corrected chi connectivity index (χ4v) is 3.27. The van der Waals surface area contributed by atoms with Gasteiger partial charge in [0.1, 0.15) is 0 Å². The Balaban J connectivity index is 2.11. The molecule has 0 aliphatic heterocycles. The molecule has 1 unspecified atom stereocenters. The fraction of sp³-hybridized carbons (Fsp3) is 0.250. The Labute approximate surface area is 96.0 Å². The summed E-state index contributed by atoms with van der Waals surface area (Å²) in [7, 11) is 0. The van der Waals surface area contributed by atoms with Crippen LogP contribution in [-0.4, -0.2) is 0 Å². The van der Waals surface area contributed by atoms with E-state index in [2.05, 4.69) is 42.5 Å². The second kappa shape index (κ2) is 2.98. The molecule has 0 saturated carbocycles. The number of aryl methyl sites for hydroxylation is 1. The Morgan fingerprint density at radius 2 is 2.12 bits per heavy atom. The van der Waals surface area contributed by atoms with Crippen molar-refractivity contribution in [2.45, 2.75) is 25.2 Å². The van der Waals surface area contributed by atoms with Crippen LogP contribution in [0.5, 0.6) is 0 Å². The van der Waals surface area contributed by atoms with Crippen LogP contribution in [0.3, 0.4) is 0 Å². The molecule has 1 aromatic carbocycles. The van der Waals surface area contributed by atoms with Crippen LogP contribution >= 0.6 is 0 Å². The molecule has 4 rings (SSSR count). The molecule has 1 atom stereocenters. The van der Waals surface area contributed by atoms with Gasteiger partial charge in [0.05, 0.1) is 0 Å². The molecule has 1 aromatic rings. The molecule has 16 heavy (non-hydrogen) atoms. The second-order valence-electron chi connectivity index (χ2n) is 4.90. The van der Waals surface area contributed by atoms with Crippen molar-refractivity contribution in [2.75, 3.05) is 0 Å².